The summed E-state index contributed by atoms with van der Waals surface area (Å²) >= 11 is 0. The molecule has 1 aliphatic rings. The number of hydrogen-bond acceptors (Lipinski definition) is 4. The number of amides is 1. The Kier molecular flexibility index (Phi) is 5.73. The highest BCUT2D eigenvalue weighted by Crippen LogP contribution is 2.29. The molecule has 1 fully saturated rings. The van der Waals surface area contributed by atoms with Crippen LogP contribution >= 0.6 is 12.4 Å². The summed E-state index contributed by atoms with van der Waals surface area (Å²) in [5.41, 5.74) is 10.4. The number of aromatic nitrogens is 4. The zero-order valence-corrected chi connectivity index (χ0v) is 18.6. The molecule has 0 bridgehead atoms. The Morgan fingerprint density at radius 2 is 2.06 bits per heavy atom. The maximum absolute atomic E-state index is 13.0. The number of carbonyl (C=O) groups excluding carboxylic acids is 1. The van der Waals surface area contributed by atoms with Crippen molar-refractivity contribution < 1.29 is 4.79 Å². The van der Waals surface area contributed by atoms with Gasteiger partial charge in [0, 0.05) is 49.8 Å². The number of pyridine rings is 1. The molecule has 5 rings (SSSR count). The number of aryl methyl sites for hydroxylation is 2. The third-order valence-electron chi connectivity index (χ3n) is 6.06. The molecule has 2 N–H and O–H groups in total. The van der Waals surface area contributed by atoms with E-state index in [0.717, 1.165) is 48.6 Å². The first-order valence-corrected chi connectivity index (χ1v) is 10.5. The Morgan fingerprint density at radius 1 is 1.26 bits per heavy atom. The summed E-state index contributed by atoms with van der Waals surface area (Å²) < 4.78 is 4.26. The zero-order valence-electron chi connectivity index (χ0n) is 17.8. The van der Waals surface area contributed by atoms with Gasteiger partial charge in [-0.25, -0.2) is 9.97 Å². The highest BCUT2D eigenvalue weighted by Gasteiger charge is 2.24. The van der Waals surface area contributed by atoms with Crippen molar-refractivity contribution in [2.75, 3.05) is 13.1 Å². The van der Waals surface area contributed by atoms with Gasteiger partial charge in [-0.3, -0.25) is 4.79 Å². The van der Waals surface area contributed by atoms with Crippen molar-refractivity contribution in [3.63, 3.8) is 0 Å². The van der Waals surface area contributed by atoms with Gasteiger partial charge in [-0.05, 0) is 38.0 Å². The van der Waals surface area contributed by atoms with Gasteiger partial charge in [0.25, 0.3) is 5.91 Å². The minimum atomic E-state index is -0.0191. The summed E-state index contributed by atoms with van der Waals surface area (Å²) in [4.78, 5) is 24.2. The molecular formula is C23H27ClN6O. The molecule has 4 heterocycles. The molecule has 1 atom stereocenters. The summed E-state index contributed by atoms with van der Waals surface area (Å²) in [6.07, 6.45) is 3.57. The zero-order chi connectivity index (χ0) is 20.8. The molecule has 1 aliphatic heterocycles. The van der Waals surface area contributed by atoms with E-state index in [1.165, 1.54) is 10.9 Å². The summed E-state index contributed by atoms with van der Waals surface area (Å²) in [6.45, 7) is 4.32. The lowest BCUT2D eigenvalue weighted by Gasteiger charge is -2.30. The molecule has 4 aromatic rings. The molecule has 162 valence electrons. The molecule has 1 saturated heterocycles. The largest absolute Gasteiger partial charge is 0.338 e. The number of hydrogen-bond donors (Lipinski definition) is 1. The van der Waals surface area contributed by atoms with E-state index in [1.54, 1.807) is 6.20 Å². The minimum absolute atomic E-state index is 0. The average Bonchev–Trinajstić information content (AvgIpc) is 3.30. The number of nitrogens with two attached hydrogens (primary N) is 1. The van der Waals surface area contributed by atoms with E-state index in [1.807, 2.05) is 28.6 Å². The number of imidazole rings is 1. The molecule has 31 heavy (non-hydrogen) atoms. The smallest absolute Gasteiger partial charge is 0.255 e. The molecule has 1 amide bonds. The fraction of sp³-hybridized carbons (Fsp3) is 0.348. The van der Waals surface area contributed by atoms with Crippen molar-refractivity contribution in [3.05, 3.63) is 48.2 Å². The van der Waals surface area contributed by atoms with E-state index in [0.29, 0.717) is 12.1 Å². The van der Waals surface area contributed by atoms with E-state index >= 15 is 0 Å². The van der Waals surface area contributed by atoms with Gasteiger partial charge in [0.15, 0.2) is 11.5 Å². The van der Waals surface area contributed by atoms with Crippen LogP contribution < -0.4 is 5.73 Å². The second-order valence-corrected chi connectivity index (χ2v) is 8.05. The predicted octanol–water partition coefficient (Wildman–Crippen LogP) is 3.60. The number of benzene rings is 1. The number of para-hydroxylation sites is 1. The first-order chi connectivity index (χ1) is 14.6. The van der Waals surface area contributed by atoms with Gasteiger partial charge >= 0.3 is 0 Å². The van der Waals surface area contributed by atoms with Gasteiger partial charge < -0.3 is 19.8 Å². The van der Waals surface area contributed by atoms with Crippen LogP contribution in [0.25, 0.3) is 33.6 Å². The number of carbonyl (C=O) groups is 1. The van der Waals surface area contributed by atoms with Gasteiger partial charge in [-0.15, -0.1) is 12.4 Å². The van der Waals surface area contributed by atoms with E-state index in [4.69, 9.17) is 10.7 Å². The SMILES string of the molecule is CCn1c(-c2nc3cc(C(=O)N4CCC[C@@H](N)C4)cnc3n2C)cc2ccccc21.Cl. The molecule has 0 spiro atoms. The van der Waals surface area contributed by atoms with Crippen molar-refractivity contribution in [1.29, 1.82) is 0 Å². The van der Waals surface area contributed by atoms with E-state index in [-0.39, 0.29) is 24.4 Å². The molecule has 0 aliphatic carbocycles. The standard InChI is InChI=1S/C23H26N6O.ClH/c1-3-29-19-9-5-4-7-15(19)12-20(29)22-26-18-11-16(13-25-21(18)27(22)2)23(30)28-10-6-8-17(24)14-28;/h4-5,7,9,11-13,17H,3,6,8,10,14,24H2,1-2H3;1H/t17-;/m1./s1. The molecular weight excluding hydrogens is 412 g/mol. The minimum Gasteiger partial charge on any atom is -0.338 e. The number of fused-ring (bicyclic) bond motifs is 2. The van der Waals surface area contributed by atoms with Gasteiger partial charge in [0.1, 0.15) is 5.52 Å². The van der Waals surface area contributed by atoms with Gasteiger partial charge in [-0.2, -0.15) is 0 Å². The van der Waals surface area contributed by atoms with Crippen molar-refractivity contribution in [2.24, 2.45) is 12.8 Å². The second kappa shape index (κ2) is 8.32. The van der Waals surface area contributed by atoms with Crippen LogP contribution in [0.5, 0.6) is 0 Å². The second-order valence-electron chi connectivity index (χ2n) is 8.05. The van der Waals surface area contributed by atoms with Gasteiger partial charge in [-0.1, -0.05) is 18.2 Å². The van der Waals surface area contributed by atoms with Gasteiger partial charge in [0.05, 0.1) is 11.3 Å². The molecule has 0 radical (unpaired) electrons. The summed E-state index contributed by atoms with van der Waals surface area (Å²) in [6, 6.07) is 12.4. The highest BCUT2D eigenvalue weighted by molar-refractivity contribution is 5.97. The van der Waals surface area contributed by atoms with Crippen LogP contribution in [0.15, 0.2) is 42.6 Å². The van der Waals surface area contributed by atoms with Crippen LogP contribution in [-0.2, 0) is 13.6 Å². The lowest BCUT2D eigenvalue weighted by Crippen LogP contribution is -2.45. The fourth-order valence-electron chi connectivity index (χ4n) is 4.54. The fourth-order valence-corrected chi connectivity index (χ4v) is 4.54. The number of likely N-dealkylation sites (tertiary alicyclic amines) is 1. The Morgan fingerprint density at radius 3 is 2.84 bits per heavy atom. The van der Waals surface area contributed by atoms with Crippen molar-refractivity contribution in [2.45, 2.75) is 32.4 Å². The Hall–Kier alpha value is -2.90. The average molecular weight is 439 g/mol. The first-order valence-electron chi connectivity index (χ1n) is 10.5. The summed E-state index contributed by atoms with van der Waals surface area (Å²) in [5, 5.41) is 1.19. The van der Waals surface area contributed by atoms with Crippen LogP contribution in [0.2, 0.25) is 0 Å². The Balaban J connectivity index is 0.00000231. The van der Waals surface area contributed by atoms with Crippen LogP contribution in [-0.4, -0.2) is 49.0 Å². The summed E-state index contributed by atoms with van der Waals surface area (Å²) in [7, 11) is 1.97. The predicted molar refractivity (Wildman–Crippen MR) is 125 cm³/mol. The molecule has 7 nitrogen and oxygen atoms in total. The Labute approximate surface area is 187 Å². The van der Waals surface area contributed by atoms with Gasteiger partial charge in [0.2, 0.25) is 0 Å². The molecule has 0 saturated carbocycles. The molecule has 3 aromatic heterocycles. The van der Waals surface area contributed by atoms with Crippen molar-refractivity contribution in [3.8, 4) is 11.5 Å². The van der Waals surface area contributed by atoms with E-state index in [2.05, 4.69) is 40.7 Å². The third-order valence-corrected chi connectivity index (χ3v) is 6.06. The molecule has 0 unspecified atom stereocenters. The molecule has 8 heteroatoms. The number of piperidine rings is 1. The highest BCUT2D eigenvalue weighted by atomic mass is 35.5. The van der Waals surface area contributed by atoms with Crippen molar-refractivity contribution in [1.82, 2.24) is 24.0 Å². The van der Waals surface area contributed by atoms with Crippen LogP contribution in [0, 0.1) is 0 Å². The van der Waals surface area contributed by atoms with Crippen LogP contribution in [0.1, 0.15) is 30.1 Å². The topological polar surface area (TPSA) is 82.0 Å². The maximum Gasteiger partial charge on any atom is 0.255 e. The summed E-state index contributed by atoms with van der Waals surface area (Å²) in [5.74, 6) is 0.828. The quantitative estimate of drug-likeness (QED) is 0.529. The molecule has 1 aromatic carbocycles. The lowest BCUT2D eigenvalue weighted by atomic mass is 10.1. The lowest BCUT2D eigenvalue weighted by molar-refractivity contribution is 0.0708. The van der Waals surface area contributed by atoms with Crippen LogP contribution in [0.3, 0.4) is 0 Å². The monoisotopic (exact) mass is 438 g/mol. The van der Waals surface area contributed by atoms with E-state index in [9.17, 15) is 4.79 Å². The number of rotatable bonds is 3. The van der Waals surface area contributed by atoms with E-state index < -0.39 is 0 Å². The third kappa shape index (κ3) is 3.58. The Bertz CT molecular complexity index is 1260. The number of halogens is 1. The van der Waals surface area contributed by atoms with Crippen LogP contribution in [0.4, 0.5) is 0 Å². The first kappa shape index (κ1) is 21.3. The number of nitrogens with zero attached hydrogens (tertiary/aromatic N) is 5. The maximum atomic E-state index is 13.0. The van der Waals surface area contributed by atoms with Crippen molar-refractivity contribution >= 4 is 40.4 Å². The normalized spacial score (nSPS) is 16.6.